The van der Waals surface area contributed by atoms with Crippen molar-refractivity contribution in [2.45, 2.75) is 33.7 Å². The van der Waals surface area contributed by atoms with Gasteiger partial charge in [-0.3, -0.25) is 4.98 Å². The first-order valence-electron chi connectivity index (χ1n) is 11.7. The minimum Gasteiger partial charge on any atom is -0.422 e. The Bertz CT molecular complexity index is 1370. The van der Waals surface area contributed by atoms with Gasteiger partial charge in [0.15, 0.2) is 0 Å². The zero-order valence-corrected chi connectivity index (χ0v) is 19.9. The van der Waals surface area contributed by atoms with Crippen LogP contribution in [0.3, 0.4) is 0 Å². The van der Waals surface area contributed by atoms with Gasteiger partial charge in [0.05, 0.1) is 12.2 Å². The normalized spacial score (nSPS) is 11.0. The average Bonchev–Trinajstić information content (AvgIpc) is 2.85. The molecule has 0 aliphatic heterocycles. The first-order chi connectivity index (χ1) is 16.5. The fraction of sp³-hybridized carbons (Fsp3) is 0.296. The standard InChI is InChI=1S/C27H30N4O3/c1-4-31(5-2)20-10-11-21-18(3)22(26(32)34-25(21)16-20)13-15-29-27(33)30-17-24-23-9-7-6-8-19(23)12-14-28-24/h6-12,14,16H,4-5,13,15,17H2,1-3H3,(H2,29,30,33). The molecule has 0 saturated heterocycles. The molecule has 0 unspecified atom stereocenters. The highest BCUT2D eigenvalue weighted by Crippen LogP contribution is 2.25. The molecule has 2 amide bonds. The van der Waals surface area contributed by atoms with Crippen molar-refractivity contribution in [3.8, 4) is 0 Å². The number of hydrogen-bond donors (Lipinski definition) is 2. The number of pyridine rings is 1. The van der Waals surface area contributed by atoms with E-state index in [-0.39, 0.29) is 11.7 Å². The van der Waals surface area contributed by atoms with Crippen molar-refractivity contribution in [2.24, 2.45) is 0 Å². The number of amides is 2. The number of aryl methyl sites for hydroxylation is 1. The first kappa shape index (κ1) is 23.3. The van der Waals surface area contributed by atoms with Crippen LogP contribution in [0.2, 0.25) is 0 Å². The molecule has 0 aliphatic carbocycles. The Balaban J connectivity index is 1.39. The van der Waals surface area contributed by atoms with E-state index in [1.165, 1.54) is 0 Å². The van der Waals surface area contributed by atoms with Crippen LogP contribution in [0.1, 0.15) is 30.7 Å². The van der Waals surface area contributed by atoms with E-state index in [0.29, 0.717) is 30.7 Å². The predicted molar refractivity (Wildman–Crippen MR) is 136 cm³/mol. The molecule has 2 heterocycles. The van der Waals surface area contributed by atoms with Crippen LogP contribution in [0, 0.1) is 6.92 Å². The van der Waals surface area contributed by atoms with Crippen molar-refractivity contribution in [1.82, 2.24) is 15.6 Å². The summed E-state index contributed by atoms with van der Waals surface area (Å²) in [6.07, 6.45) is 2.13. The van der Waals surface area contributed by atoms with Gasteiger partial charge >= 0.3 is 11.7 Å². The molecule has 4 rings (SSSR count). The van der Waals surface area contributed by atoms with Gasteiger partial charge in [-0.25, -0.2) is 9.59 Å². The van der Waals surface area contributed by atoms with Crippen molar-refractivity contribution in [3.63, 3.8) is 0 Å². The van der Waals surface area contributed by atoms with Crippen LogP contribution < -0.4 is 21.2 Å². The number of benzene rings is 2. The molecule has 0 atom stereocenters. The number of hydrogen-bond acceptors (Lipinski definition) is 5. The molecule has 2 aromatic carbocycles. The second kappa shape index (κ2) is 10.4. The number of rotatable bonds is 8. The lowest BCUT2D eigenvalue weighted by atomic mass is 10.0. The second-order valence-electron chi connectivity index (χ2n) is 8.18. The number of carbonyl (C=O) groups is 1. The highest BCUT2D eigenvalue weighted by atomic mass is 16.4. The minimum absolute atomic E-state index is 0.304. The molecular weight excluding hydrogens is 428 g/mol. The molecule has 7 heteroatoms. The monoisotopic (exact) mass is 458 g/mol. The average molecular weight is 459 g/mol. The summed E-state index contributed by atoms with van der Waals surface area (Å²) in [7, 11) is 0. The zero-order chi connectivity index (χ0) is 24.1. The topological polar surface area (TPSA) is 87.5 Å². The van der Waals surface area contributed by atoms with Gasteiger partial charge in [0.1, 0.15) is 5.58 Å². The maximum absolute atomic E-state index is 12.7. The Kier molecular flexibility index (Phi) is 7.11. The highest BCUT2D eigenvalue weighted by molar-refractivity contribution is 5.85. The molecule has 0 aliphatic rings. The molecule has 176 valence electrons. The van der Waals surface area contributed by atoms with Gasteiger partial charge in [0, 0.05) is 53.9 Å². The summed E-state index contributed by atoms with van der Waals surface area (Å²) in [6, 6.07) is 15.6. The number of urea groups is 1. The van der Waals surface area contributed by atoms with Crippen molar-refractivity contribution in [2.75, 3.05) is 24.5 Å². The van der Waals surface area contributed by atoms with Gasteiger partial charge in [-0.15, -0.1) is 0 Å². The summed E-state index contributed by atoms with van der Waals surface area (Å²) >= 11 is 0. The fourth-order valence-corrected chi connectivity index (χ4v) is 4.31. The number of fused-ring (bicyclic) bond motifs is 2. The number of carbonyl (C=O) groups excluding carboxylic acids is 1. The minimum atomic E-state index is -0.358. The Morgan fingerprint density at radius 1 is 1.03 bits per heavy atom. The first-order valence-corrected chi connectivity index (χ1v) is 11.7. The maximum Gasteiger partial charge on any atom is 0.339 e. The van der Waals surface area contributed by atoms with Gasteiger partial charge in [-0.05, 0) is 56.3 Å². The molecule has 0 bridgehead atoms. The van der Waals surface area contributed by atoms with Crippen LogP contribution in [0.25, 0.3) is 21.7 Å². The van der Waals surface area contributed by atoms with Crippen molar-refractivity contribution >= 4 is 33.5 Å². The lowest BCUT2D eigenvalue weighted by Crippen LogP contribution is -2.36. The lowest BCUT2D eigenvalue weighted by molar-refractivity contribution is 0.240. The van der Waals surface area contributed by atoms with E-state index in [4.69, 9.17) is 4.42 Å². The largest absolute Gasteiger partial charge is 0.422 e. The van der Waals surface area contributed by atoms with Crippen LogP contribution in [-0.2, 0) is 13.0 Å². The van der Waals surface area contributed by atoms with E-state index in [1.54, 1.807) is 6.20 Å². The van der Waals surface area contributed by atoms with E-state index < -0.39 is 0 Å². The number of aromatic nitrogens is 1. The third kappa shape index (κ3) is 4.88. The van der Waals surface area contributed by atoms with Crippen LogP contribution >= 0.6 is 0 Å². The van der Waals surface area contributed by atoms with Crippen LogP contribution in [0.4, 0.5) is 10.5 Å². The molecule has 0 saturated carbocycles. The maximum atomic E-state index is 12.7. The third-order valence-corrected chi connectivity index (χ3v) is 6.23. The Hall–Kier alpha value is -3.87. The van der Waals surface area contributed by atoms with Crippen molar-refractivity contribution < 1.29 is 9.21 Å². The highest BCUT2D eigenvalue weighted by Gasteiger charge is 2.13. The lowest BCUT2D eigenvalue weighted by Gasteiger charge is -2.21. The number of anilines is 1. The Labute approximate surface area is 198 Å². The molecule has 7 nitrogen and oxygen atoms in total. The molecule has 0 radical (unpaired) electrons. The van der Waals surface area contributed by atoms with Gasteiger partial charge in [-0.2, -0.15) is 0 Å². The van der Waals surface area contributed by atoms with Crippen LogP contribution in [0.15, 0.2) is 63.9 Å². The van der Waals surface area contributed by atoms with E-state index in [9.17, 15) is 9.59 Å². The second-order valence-corrected chi connectivity index (χ2v) is 8.18. The van der Waals surface area contributed by atoms with Crippen molar-refractivity contribution in [3.05, 3.63) is 82.0 Å². The SMILES string of the molecule is CCN(CC)c1ccc2c(C)c(CCNC(=O)NCc3nccc4ccccc34)c(=O)oc2c1. The Morgan fingerprint density at radius 2 is 1.82 bits per heavy atom. The predicted octanol–water partition coefficient (Wildman–Crippen LogP) is 4.54. The van der Waals surface area contributed by atoms with Gasteiger partial charge in [-0.1, -0.05) is 24.3 Å². The van der Waals surface area contributed by atoms with E-state index >= 15 is 0 Å². The molecule has 2 aromatic heterocycles. The van der Waals surface area contributed by atoms with E-state index in [2.05, 4.69) is 40.4 Å². The van der Waals surface area contributed by atoms with E-state index in [0.717, 1.165) is 46.2 Å². The van der Waals surface area contributed by atoms with Crippen molar-refractivity contribution in [1.29, 1.82) is 0 Å². The summed E-state index contributed by atoms with van der Waals surface area (Å²) < 4.78 is 5.64. The van der Waals surface area contributed by atoms with Crippen LogP contribution in [0.5, 0.6) is 0 Å². The van der Waals surface area contributed by atoms with Gasteiger partial charge in [0.2, 0.25) is 0 Å². The summed E-state index contributed by atoms with van der Waals surface area (Å²) in [6.45, 7) is 8.53. The third-order valence-electron chi connectivity index (χ3n) is 6.23. The zero-order valence-electron chi connectivity index (χ0n) is 19.9. The summed E-state index contributed by atoms with van der Waals surface area (Å²) in [4.78, 5) is 31.6. The fourth-order valence-electron chi connectivity index (χ4n) is 4.31. The summed E-state index contributed by atoms with van der Waals surface area (Å²) in [5.74, 6) is 0. The molecule has 4 aromatic rings. The number of nitrogens with zero attached hydrogens (tertiary/aromatic N) is 2. The van der Waals surface area contributed by atoms with E-state index in [1.807, 2.05) is 49.4 Å². The summed E-state index contributed by atoms with van der Waals surface area (Å²) in [5, 5.41) is 8.68. The number of nitrogens with one attached hydrogen (secondary N) is 2. The molecular formula is C27H30N4O3. The van der Waals surface area contributed by atoms with Crippen LogP contribution in [-0.4, -0.2) is 30.6 Å². The molecule has 2 N–H and O–H groups in total. The quantitative estimate of drug-likeness (QED) is 0.379. The Morgan fingerprint density at radius 3 is 2.62 bits per heavy atom. The summed E-state index contributed by atoms with van der Waals surface area (Å²) in [5.41, 5.74) is 3.54. The molecule has 0 fully saturated rings. The molecule has 34 heavy (non-hydrogen) atoms. The van der Waals surface area contributed by atoms with Gasteiger partial charge < -0.3 is 20.0 Å². The molecule has 0 spiro atoms. The smallest absolute Gasteiger partial charge is 0.339 e. The van der Waals surface area contributed by atoms with Gasteiger partial charge in [0.25, 0.3) is 0 Å².